The highest BCUT2D eigenvalue weighted by molar-refractivity contribution is 7.94. The highest BCUT2D eigenvalue weighted by Gasteiger charge is 2.24. The molecule has 0 bridgehead atoms. The fraction of sp³-hybridized carbons (Fsp3) is 0.304. The summed E-state index contributed by atoms with van der Waals surface area (Å²) in [5.74, 6) is 1.18. The Labute approximate surface area is 208 Å². The van der Waals surface area contributed by atoms with Crippen LogP contribution in [0.25, 0.3) is 10.4 Å². The molecule has 176 valence electrons. The van der Waals surface area contributed by atoms with E-state index in [1.807, 2.05) is 32.2 Å². The number of anilines is 1. The highest BCUT2D eigenvalue weighted by atomic mass is 35.5. The van der Waals surface area contributed by atoms with Crippen LogP contribution in [0.2, 0.25) is 10.0 Å². The number of benzene rings is 2. The molecule has 0 aliphatic carbocycles. The van der Waals surface area contributed by atoms with Gasteiger partial charge in [0.15, 0.2) is 0 Å². The molecule has 3 aromatic rings. The van der Waals surface area contributed by atoms with Crippen molar-refractivity contribution >= 4 is 50.2 Å². The van der Waals surface area contributed by atoms with E-state index in [4.69, 9.17) is 32.7 Å². The molecular weight excluding hydrogens is 503 g/mol. The van der Waals surface area contributed by atoms with E-state index in [9.17, 15) is 8.42 Å². The summed E-state index contributed by atoms with van der Waals surface area (Å²) in [6, 6.07) is 11.9. The highest BCUT2D eigenvalue weighted by Crippen LogP contribution is 2.41. The Morgan fingerprint density at radius 2 is 1.91 bits per heavy atom. The van der Waals surface area contributed by atoms with E-state index in [1.165, 1.54) is 6.07 Å². The Morgan fingerprint density at radius 3 is 2.58 bits per heavy atom. The number of nitrogens with one attached hydrogen (secondary N) is 1. The summed E-state index contributed by atoms with van der Waals surface area (Å²) >= 11 is 13.8. The first-order valence-electron chi connectivity index (χ1n) is 10.3. The second-order valence-corrected chi connectivity index (χ2v) is 11.7. The standard InChI is InChI=1S/C23H24Cl2N2O4S2/c1-14-10-16(30-3)5-6-18(14)23-20(25)12-22(32-23)33(28,29)26-15-4-7-19(24)21(11-15)31-17-8-9-27(2)13-17/h4-7,10-12,17,26H,8-9,13H2,1-3H3. The average molecular weight is 527 g/mol. The SMILES string of the molecule is COc1ccc(-c2sc(S(=O)(=O)Nc3ccc(Cl)c(OC4CCN(C)C4)c3)cc2Cl)c(C)c1. The summed E-state index contributed by atoms with van der Waals surface area (Å²) in [7, 11) is -0.231. The number of likely N-dealkylation sites (N-methyl/N-ethyl adjacent to an activating group) is 1. The molecule has 1 saturated heterocycles. The minimum Gasteiger partial charge on any atom is -0.497 e. The number of hydrogen-bond donors (Lipinski definition) is 1. The monoisotopic (exact) mass is 526 g/mol. The summed E-state index contributed by atoms with van der Waals surface area (Å²) in [4.78, 5) is 2.86. The Bertz CT molecular complexity index is 1280. The molecule has 2 aromatic carbocycles. The first kappa shape index (κ1) is 24.2. The molecule has 2 heterocycles. The predicted octanol–water partition coefficient (Wildman–Crippen LogP) is 5.92. The summed E-state index contributed by atoms with van der Waals surface area (Å²) in [6.45, 7) is 3.68. The maximum atomic E-state index is 13.1. The largest absolute Gasteiger partial charge is 0.497 e. The predicted molar refractivity (Wildman–Crippen MR) is 135 cm³/mol. The lowest BCUT2D eigenvalue weighted by atomic mass is 10.1. The van der Waals surface area contributed by atoms with Gasteiger partial charge in [0.2, 0.25) is 0 Å². The van der Waals surface area contributed by atoms with Gasteiger partial charge in [0.1, 0.15) is 21.8 Å². The Balaban J connectivity index is 1.57. The molecule has 4 rings (SSSR count). The molecule has 1 fully saturated rings. The van der Waals surface area contributed by atoms with E-state index >= 15 is 0 Å². The van der Waals surface area contributed by atoms with Crippen LogP contribution in [0.3, 0.4) is 0 Å². The van der Waals surface area contributed by atoms with E-state index < -0.39 is 10.0 Å². The van der Waals surface area contributed by atoms with Gasteiger partial charge in [-0.05, 0) is 67.9 Å². The number of thiophene rings is 1. The Kier molecular flexibility index (Phi) is 7.12. The molecule has 1 aromatic heterocycles. The maximum Gasteiger partial charge on any atom is 0.271 e. The van der Waals surface area contributed by atoms with Gasteiger partial charge in [-0.25, -0.2) is 8.42 Å². The molecule has 0 spiro atoms. The second-order valence-electron chi connectivity index (χ2n) is 7.96. The van der Waals surface area contributed by atoms with E-state index in [1.54, 1.807) is 25.3 Å². The number of sulfonamides is 1. The molecule has 0 radical (unpaired) electrons. The number of halogens is 2. The third-order valence-electron chi connectivity index (χ3n) is 5.43. The fourth-order valence-electron chi connectivity index (χ4n) is 3.71. The summed E-state index contributed by atoms with van der Waals surface area (Å²) in [5, 5.41) is 0.808. The number of hydrogen-bond acceptors (Lipinski definition) is 6. The van der Waals surface area contributed by atoms with Gasteiger partial charge < -0.3 is 14.4 Å². The lowest BCUT2D eigenvalue weighted by Crippen LogP contribution is -2.21. The molecule has 1 aliphatic rings. The van der Waals surface area contributed by atoms with Gasteiger partial charge in [0.05, 0.1) is 27.7 Å². The van der Waals surface area contributed by atoms with Crippen LogP contribution in [0.1, 0.15) is 12.0 Å². The van der Waals surface area contributed by atoms with Gasteiger partial charge >= 0.3 is 0 Å². The molecule has 10 heteroatoms. The summed E-state index contributed by atoms with van der Waals surface area (Å²) in [6.07, 6.45) is 0.912. The van der Waals surface area contributed by atoms with E-state index in [2.05, 4.69) is 9.62 Å². The van der Waals surface area contributed by atoms with Crippen molar-refractivity contribution in [3.05, 3.63) is 58.1 Å². The molecule has 0 saturated carbocycles. The third-order valence-corrected chi connectivity index (χ3v) is 9.18. The van der Waals surface area contributed by atoms with Crippen LogP contribution in [0.5, 0.6) is 11.5 Å². The van der Waals surface area contributed by atoms with Crippen LogP contribution in [0.15, 0.2) is 46.7 Å². The molecular formula is C23H24Cl2N2O4S2. The molecule has 0 amide bonds. The van der Waals surface area contributed by atoms with E-state index in [0.717, 1.165) is 47.7 Å². The van der Waals surface area contributed by atoms with Gasteiger partial charge in [-0.1, -0.05) is 23.2 Å². The van der Waals surface area contributed by atoms with Crippen molar-refractivity contribution in [2.45, 2.75) is 23.7 Å². The van der Waals surface area contributed by atoms with Crippen LogP contribution < -0.4 is 14.2 Å². The molecule has 6 nitrogen and oxygen atoms in total. The number of aryl methyl sites for hydroxylation is 1. The molecule has 1 unspecified atom stereocenters. The fourth-order valence-corrected chi connectivity index (χ4v) is 6.83. The second kappa shape index (κ2) is 9.72. The smallest absolute Gasteiger partial charge is 0.271 e. The van der Waals surface area contributed by atoms with E-state index in [0.29, 0.717) is 26.4 Å². The first-order valence-corrected chi connectivity index (χ1v) is 13.3. The van der Waals surface area contributed by atoms with Crippen molar-refractivity contribution < 1.29 is 17.9 Å². The lowest BCUT2D eigenvalue weighted by molar-refractivity contribution is 0.208. The zero-order valence-corrected chi connectivity index (χ0v) is 21.5. The first-order chi connectivity index (χ1) is 15.7. The van der Waals surface area contributed by atoms with Gasteiger partial charge in [-0.2, -0.15) is 0 Å². The van der Waals surface area contributed by atoms with E-state index in [-0.39, 0.29) is 10.3 Å². The number of ether oxygens (including phenoxy) is 2. The van der Waals surface area contributed by atoms with Crippen molar-refractivity contribution in [1.29, 1.82) is 0 Å². The molecule has 1 aliphatic heterocycles. The van der Waals surface area contributed by atoms with Gasteiger partial charge in [-0.3, -0.25) is 4.72 Å². The summed E-state index contributed by atoms with van der Waals surface area (Å²) < 4.78 is 40.2. The van der Waals surface area contributed by atoms with Crippen molar-refractivity contribution in [2.24, 2.45) is 0 Å². The minimum atomic E-state index is -3.86. The zero-order valence-electron chi connectivity index (χ0n) is 18.4. The minimum absolute atomic E-state index is 0.0192. The number of rotatable bonds is 7. The maximum absolute atomic E-state index is 13.1. The van der Waals surface area contributed by atoms with Crippen LogP contribution in [0, 0.1) is 6.92 Å². The Hall–Kier alpha value is -1.97. The van der Waals surface area contributed by atoms with Gasteiger partial charge in [0.25, 0.3) is 10.0 Å². The zero-order chi connectivity index (χ0) is 23.8. The topological polar surface area (TPSA) is 67.9 Å². The number of methoxy groups -OCH3 is 1. The van der Waals surface area contributed by atoms with Crippen LogP contribution >= 0.6 is 34.5 Å². The number of likely N-dealkylation sites (tertiary alicyclic amines) is 1. The van der Waals surface area contributed by atoms with Crippen LogP contribution in [0.4, 0.5) is 5.69 Å². The van der Waals surface area contributed by atoms with Crippen LogP contribution in [-0.2, 0) is 10.0 Å². The van der Waals surface area contributed by atoms with Crippen molar-refractivity contribution in [1.82, 2.24) is 4.90 Å². The Morgan fingerprint density at radius 1 is 1.12 bits per heavy atom. The molecule has 33 heavy (non-hydrogen) atoms. The normalized spacial score (nSPS) is 16.7. The lowest BCUT2D eigenvalue weighted by Gasteiger charge is -2.16. The quantitative estimate of drug-likeness (QED) is 0.413. The number of nitrogens with zero attached hydrogens (tertiary/aromatic N) is 1. The van der Waals surface area contributed by atoms with Crippen molar-refractivity contribution in [3.63, 3.8) is 0 Å². The van der Waals surface area contributed by atoms with Gasteiger partial charge in [-0.15, -0.1) is 11.3 Å². The molecule has 1 atom stereocenters. The van der Waals surface area contributed by atoms with Crippen molar-refractivity contribution in [2.75, 3.05) is 32.0 Å². The molecule has 1 N–H and O–H groups in total. The van der Waals surface area contributed by atoms with Crippen molar-refractivity contribution in [3.8, 4) is 21.9 Å². The van der Waals surface area contributed by atoms with Gasteiger partial charge in [0, 0.05) is 19.2 Å². The van der Waals surface area contributed by atoms with Crippen LogP contribution in [-0.4, -0.2) is 46.7 Å². The summed E-state index contributed by atoms with van der Waals surface area (Å²) in [5.41, 5.74) is 2.16. The average Bonchev–Trinajstić information content (AvgIpc) is 3.36. The third kappa shape index (κ3) is 5.41.